The van der Waals surface area contributed by atoms with Crippen LogP contribution in [-0.4, -0.2) is 53.6 Å². The normalized spacial score (nSPS) is 15.5. The van der Waals surface area contributed by atoms with Crippen LogP contribution in [-0.2, 0) is 6.54 Å². The van der Waals surface area contributed by atoms with Gasteiger partial charge in [0.15, 0.2) is 0 Å². The first kappa shape index (κ1) is 16.6. The Balaban J connectivity index is 1.80. The molecule has 2 N–H and O–H groups in total. The Morgan fingerprint density at radius 1 is 1.12 bits per heavy atom. The van der Waals surface area contributed by atoms with Crippen molar-refractivity contribution in [3.8, 4) is 0 Å². The van der Waals surface area contributed by atoms with Crippen molar-refractivity contribution in [3.63, 3.8) is 0 Å². The molecule has 0 saturated carbocycles. The lowest BCUT2D eigenvalue weighted by Crippen LogP contribution is -2.45. The van der Waals surface area contributed by atoms with Crippen LogP contribution in [0.25, 0.3) is 10.9 Å². The minimum absolute atomic E-state index is 0.426. The third-order valence-electron chi connectivity index (χ3n) is 5.03. The van der Waals surface area contributed by atoms with Gasteiger partial charge in [0.05, 0.1) is 5.52 Å². The number of anilines is 1. The topological polar surface area (TPSA) is 67.4 Å². The number of nitrogens with zero attached hydrogens (tertiary/aromatic N) is 4. The predicted molar refractivity (Wildman–Crippen MR) is 104 cm³/mol. The molecule has 0 atom stereocenters. The second-order valence-electron chi connectivity index (χ2n) is 6.84. The summed E-state index contributed by atoms with van der Waals surface area (Å²) >= 11 is 0. The molecule has 0 bridgehead atoms. The number of nitrogens with two attached hydrogens (primary N) is 1. The molecule has 3 aromatic rings. The Bertz CT molecular complexity index is 926. The van der Waals surface area contributed by atoms with E-state index >= 15 is 0 Å². The van der Waals surface area contributed by atoms with E-state index < -0.39 is 5.91 Å². The van der Waals surface area contributed by atoms with E-state index in [0.29, 0.717) is 17.9 Å². The third kappa shape index (κ3) is 3.04. The zero-order valence-corrected chi connectivity index (χ0v) is 14.9. The van der Waals surface area contributed by atoms with Crippen LogP contribution in [0.5, 0.6) is 0 Å². The molecule has 1 amide bonds. The summed E-state index contributed by atoms with van der Waals surface area (Å²) in [5.41, 5.74) is 8.37. The van der Waals surface area contributed by atoms with Crippen molar-refractivity contribution >= 4 is 22.6 Å². The van der Waals surface area contributed by atoms with Gasteiger partial charge in [-0.15, -0.1) is 0 Å². The van der Waals surface area contributed by atoms with E-state index in [1.165, 1.54) is 5.56 Å². The minimum Gasteiger partial charge on any atom is -0.365 e. The number of fused-ring (bicyclic) bond motifs is 1. The lowest BCUT2D eigenvalue weighted by molar-refractivity contribution is 0.100. The number of benzene rings is 1. The molecule has 1 aliphatic heterocycles. The van der Waals surface area contributed by atoms with Gasteiger partial charge in [0.2, 0.25) is 0 Å². The first-order chi connectivity index (χ1) is 12.6. The first-order valence-corrected chi connectivity index (χ1v) is 8.88. The SMILES string of the molecule is CN1CCN(c2ncc3ccn(Cc4ccccc4)c3c2C(N)=O)CC1. The summed E-state index contributed by atoms with van der Waals surface area (Å²) in [6.45, 7) is 4.27. The number of piperazine rings is 1. The number of hydrogen-bond acceptors (Lipinski definition) is 4. The molecule has 6 heteroatoms. The highest BCUT2D eigenvalue weighted by molar-refractivity contribution is 6.09. The van der Waals surface area contributed by atoms with Crippen molar-refractivity contribution in [1.29, 1.82) is 0 Å². The summed E-state index contributed by atoms with van der Waals surface area (Å²) in [7, 11) is 2.11. The predicted octanol–water partition coefficient (Wildman–Crippen LogP) is 1.94. The maximum atomic E-state index is 12.4. The summed E-state index contributed by atoms with van der Waals surface area (Å²) in [5.74, 6) is 0.274. The van der Waals surface area contributed by atoms with Crippen molar-refractivity contribution < 1.29 is 4.79 Å². The fraction of sp³-hybridized carbons (Fsp3) is 0.300. The maximum absolute atomic E-state index is 12.4. The van der Waals surface area contributed by atoms with Gasteiger partial charge in [0.25, 0.3) is 5.91 Å². The van der Waals surface area contributed by atoms with E-state index in [4.69, 9.17) is 5.73 Å². The highest BCUT2D eigenvalue weighted by Gasteiger charge is 2.24. The summed E-state index contributed by atoms with van der Waals surface area (Å²) in [6.07, 6.45) is 3.84. The number of rotatable bonds is 4. The minimum atomic E-state index is -0.426. The maximum Gasteiger partial charge on any atom is 0.254 e. The number of aromatic nitrogens is 2. The van der Waals surface area contributed by atoms with Crippen LogP contribution in [0, 0.1) is 0 Å². The molecule has 0 radical (unpaired) electrons. The molecule has 3 heterocycles. The summed E-state index contributed by atoms with van der Waals surface area (Å²) in [4.78, 5) is 21.4. The Labute approximate surface area is 152 Å². The standard InChI is InChI=1S/C20H23N5O/c1-23-9-11-24(12-10-23)20-17(19(21)26)18-16(13-22-20)7-8-25(18)14-15-5-3-2-4-6-15/h2-8,13H,9-12,14H2,1H3,(H2,21,26). The average molecular weight is 349 g/mol. The Morgan fingerprint density at radius 3 is 2.54 bits per heavy atom. The molecule has 2 aromatic heterocycles. The molecule has 1 fully saturated rings. The Morgan fingerprint density at radius 2 is 1.85 bits per heavy atom. The van der Waals surface area contributed by atoms with Crippen LogP contribution in [0.15, 0.2) is 48.8 Å². The number of carbonyl (C=O) groups excluding carboxylic acids is 1. The van der Waals surface area contributed by atoms with Crippen molar-refractivity contribution in [2.45, 2.75) is 6.54 Å². The number of hydrogen-bond donors (Lipinski definition) is 1. The van der Waals surface area contributed by atoms with Crippen LogP contribution in [0.1, 0.15) is 15.9 Å². The molecule has 4 rings (SSSR count). The van der Waals surface area contributed by atoms with E-state index in [-0.39, 0.29) is 0 Å². The van der Waals surface area contributed by atoms with E-state index in [1.807, 2.05) is 36.7 Å². The lowest BCUT2D eigenvalue weighted by Gasteiger charge is -2.34. The zero-order chi connectivity index (χ0) is 18.1. The van der Waals surface area contributed by atoms with Gasteiger partial charge in [0.1, 0.15) is 11.4 Å². The molecule has 1 aliphatic rings. The molecular weight excluding hydrogens is 326 g/mol. The van der Waals surface area contributed by atoms with E-state index in [9.17, 15) is 4.79 Å². The van der Waals surface area contributed by atoms with Gasteiger partial charge in [-0.05, 0) is 18.7 Å². The molecule has 1 aromatic carbocycles. The van der Waals surface area contributed by atoms with Crippen LogP contribution in [0.2, 0.25) is 0 Å². The quantitative estimate of drug-likeness (QED) is 0.782. The number of likely N-dealkylation sites (N-methyl/N-ethyl adjacent to an activating group) is 1. The van der Waals surface area contributed by atoms with Gasteiger partial charge in [-0.25, -0.2) is 4.98 Å². The summed E-state index contributed by atoms with van der Waals surface area (Å²) in [6, 6.07) is 12.2. The zero-order valence-electron chi connectivity index (χ0n) is 14.9. The van der Waals surface area contributed by atoms with Gasteiger partial charge in [-0.3, -0.25) is 4.79 Å². The van der Waals surface area contributed by atoms with E-state index in [0.717, 1.165) is 37.1 Å². The molecule has 0 spiro atoms. The van der Waals surface area contributed by atoms with Crippen LogP contribution < -0.4 is 10.6 Å². The largest absolute Gasteiger partial charge is 0.365 e. The van der Waals surface area contributed by atoms with Crippen molar-refractivity contribution in [3.05, 3.63) is 59.9 Å². The molecule has 134 valence electrons. The van der Waals surface area contributed by atoms with Crippen molar-refractivity contribution in [2.24, 2.45) is 5.73 Å². The Hall–Kier alpha value is -2.86. The second kappa shape index (κ2) is 6.80. The molecule has 0 unspecified atom stereocenters. The average Bonchev–Trinajstić information content (AvgIpc) is 3.05. The van der Waals surface area contributed by atoms with E-state index in [1.54, 1.807) is 0 Å². The molecule has 1 saturated heterocycles. The van der Waals surface area contributed by atoms with Crippen LogP contribution >= 0.6 is 0 Å². The smallest absolute Gasteiger partial charge is 0.254 e. The molecule has 26 heavy (non-hydrogen) atoms. The van der Waals surface area contributed by atoms with Gasteiger partial charge in [0, 0.05) is 50.5 Å². The lowest BCUT2D eigenvalue weighted by atomic mass is 10.1. The molecule has 6 nitrogen and oxygen atoms in total. The molecule has 0 aliphatic carbocycles. The highest BCUT2D eigenvalue weighted by Crippen LogP contribution is 2.28. The second-order valence-corrected chi connectivity index (χ2v) is 6.84. The fourth-order valence-corrected chi connectivity index (χ4v) is 3.58. The number of pyridine rings is 1. The summed E-state index contributed by atoms with van der Waals surface area (Å²) < 4.78 is 2.09. The Kier molecular flexibility index (Phi) is 4.34. The van der Waals surface area contributed by atoms with Gasteiger partial charge in [-0.2, -0.15) is 0 Å². The van der Waals surface area contributed by atoms with Crippen molar-refractivity contribution in [2.75, 3.05) is 38.1 Å². The van der Waals surface area contributed by atoms with Crippen LogP contribution in [0.4, 0.5) is 5.82 Å². The monoisotopic (exact) mass is 349 g/mol. The van der Waals surface area contributed by atoms with Crippen LogP contribution in [0.3, 0.4) is 0 Å². The van der Waals surface area contributed by atoms with E-state index in [2.05, 4.69) is 38.5 Å². The summed E-state index contributed by atoms with van der Waals surface area (Å²) in [5, 5.41) is 0.938. The van der Waals surface area contributed by atoms with Gasteiger partial charge < -0.3 is 20.1 Å². The van der Waals surface area contributed by atoms with Gasteiger partial charge >= 0.3 is 0 Å². The van der Waals surface area contributed by atoms with Crippen molar-refractivity contribution in [1.82, 2.24) is 14.5 Å². The number of amides is 1. The van der Waals surface area contributed by atoms with Gasteiger partial charge in [-0.1, -0.05) is 30.3 Å². The molecular formula is C20H23N5O. The highest BCUT2D eigenvalue weighted by atomic mass is 16.1. The number of primary amides is 1. The number of carbonyl (C=O) groups is 1. The first-order valence-electron chi connectivity index (χ1n) is 8.88. The third-order valence-corrected chi connectivity index (χ3v) is 5.03. The fourth-order valence-electron chi connectivity index (χ4n) is 3.58.